The van der Waals surface area contributed by atoms with Crippen LogP contribution in [0.1, 0.15) is 80.0 Å². The summed E-state index contributed by atoms with van der Waals surface area (Å²) in [7, 11) is 0. The molecule has 0 unspecified atom stereocenters. The second-order valence-corrected chi connectivity index (χ2v) is 7.98. The molecule has 1 saturated heterocycles. The minimum absolute atomic E-state index is 0.137. The summed E-state index contributed by atoms with van der Waals surface area (Å²) in [5.74, 6) is 0.605. The summed E-state index contributed by atoms with van der Waals surface area (Å²) < 4.78 is 2.08. The van der Waals surface area contributed by atoms with E-state index in [-0.39, 0.29) is 5.91 Å². The van der Waals surface area contributed by atoms with Crippen LogP contribution in [0, 0.1) is 0 Å². The average molecular weight is 394 g/mol. The Balaban J connectivity index is 1.48. The number of amides is 1. The van der Waals surface area contributed by atoms with Crippen LogP contribution < -0.4 is 0 Å². The second kappa shape index (κ2) is 8.39. The van der Waals surface area contributed by atoms with Crippen molar-refractivity contribution in [2.24, 2.45) is 0 Å². The van der Waals surface area contributed by atoms with Gasteiger partial charge in [-0.05, 0) is 55.7 Å². The highest BCUT2D eigenvalue weighted by atomic mass is 16.2. The second-order valence-electron chi connectivity index (χ2n) is 7.98. The first kappa shape index (κ1) is 19.7. The van der Waals surface area contributed by atoms with Gasteiger partial charge in [0.05, 0.1) is 23.5 Å². The van der Waals surface area contributed by atoms with Crippen molar-refractivity contribution in [2.45, 2.75) is 64.8 Å². The van der Waals surface area contributed by atoms with Crippen LogP contribution in [0.15, 0.2) is 30.7 Å². The number of nitrogens with zero attached hydrogens (tertiary/aromatic N) is 4. The van der Waals surface area contributed by atoms with Crippen LogP contribution in [0.4, 0.5) is 0 Å². The van der Waals surface area contributed by atoms with Gasteiger partial charge < -0.3 is 9.88 Å². The van der Waals surface area contributed by atoms with E-state index in [1.807, 2.05) is 17.2 Å². The van der Waals surface area contributed by atoms with Gasteiger partial charge in [0.2, 0.25) is 0 Å². The number of fused-ring (bicyclic) bond motifs is 1. The van der Waals surface area contributed by atoms with Crippen molar-refractivity contribution < 1.29 is 4.79 Å². The maximum absolute atomic E-state index is 13.3. The molecule has 6 nitrogen and oxygen atoms in total. The summed E-state index contributed by atoms with van der Waals surface area (Å²) in [6, 6.07) is 4.49. The minimum atomic E-state index is 0.137. The summed E-state index contributed by atoms with van der Waals surface area (Å²) in [6.07, 6.45) is 10.6. The van der Waals surface area contributed by atoms with Crippen molar-refractivity contribution >= 4 is 16.9 Å². The third kappa shape index (κ3) is 3.56. The van der Waals surface area contributed by atoms with E-state index in [1.165, 1.54) is 10.9 Å². The van der Waals surface area contributed by atoms with Gasteiger partial charge in [-0.2, -0.15) is 5.10 Å². The quantitative estimate of drug-likeness (QED) is 0.660. The third-order valence-corrected chi connectivity index (χ3v) is 6.46. The Kier molecular flexibility index (Phi) is 5.69. The molecule has 0 saturated carbocycles. The molecule has 0 radical (unpaired) electrons. The maximum Gasteiger partial charge on any atom is 0.257 e. The molecule has 0 aliphatic carbocycles. The van der Waals surface area contributed by atoms with E-state index in [0.29, 0.717) is 12.0 Å². The fraction of sp³-hybridized carbons (Fsp3) is 0.522. The summed E-state index contributed by atoms with van der Waals surface area (Å²) >= 11 is 0. The molecule has 1 fully saturated rings. The standard InChI is InChI=1S/C23H31N5O/c1-4-17(5-2)28-21(6-3)20(15-26-28)23(29)27-12-9-16(10-13-27)19-14-25-22-18(19)8-7-11-24-22/h7-8,11,14-17H,4-6,9-10,12-13H2,1-3H3,(H,24,25). The zero-order chi connectivity index (χ0) is 20.4. The number of likely N-dealkylation sites (tertiary alicyclic amines) is 1. The fourth-order valence-corrected chi connectivity index (χ4v) is 4.75. The molecule has 0 atom stereocenters. The first-order chi connectivity index (χ1) is 14.2. The molecule has 0 spiro atoms. The molecular weight excluding hydrogens is 362 g/mol. The third-order valence-electron chi connectivity index (χ3n) is 6.46. The van der Waals surface area contributed by atoms with E-state index in [2.05, 4.69) is 52.8 Å². The maximum atomic E-state index is 13.3. The molecular formula is C23H31N5O. The van der Waals surface area contributed by atoms with Crippen LogP contribution in [-0.2, 0) is 6.42 Å². The first-order valence-corrected chi connectivity index (χ1v) is 10.9. The van der Waals surface area contributed by atoms with E-state index in [0.717, 1.165) is 62.1 Å². The van der Waals surface area contributed by atoms with Gasteiger partial charge in [-0.15, -0.1) is 0 Å². The highest BCUT2D eigenvalue weighted by Crippen LogP contribution is 2.33. The molecule has 154 valence electrons. The van der Waals surface area contributed by atoms with E-state index in [1.54, 1.807) is 6.20 Å². The number of aromatic nitrogens is 4. The molecule has 1 aliphatic heterocycles. The number of rotatable bonds is 6. The largest absolute Gasteiger partial charge is 0.346 e. The Morgan fingerprint density at radius 3 is 2.69 bits per heavy atom. The minimum Gasteiger partial charge on any atom is -0.346 e. The monoisotopic (exact) mass is 393 g/mol. The lowest BCUT2D eigenvalue weighted by molar-refractivity contribution is 0.0712. The van der Waals surface area contributed by atoms with E-state index in [9.17, 15) is 4.79 Å². The van der Waals surface area contributed by atoms with Gasteiger partial charge in [-0.3, -0.25) is 9.48 Å². The highest BCUT2D eigenvalue weighted by molar-refractivity contribution is 5.95. The van der Waals surface area contributed by atoms with Crippen molar-refractivity contribution in [3.8, 4) is 0 Å². The molecule has 3 aromatic heterocycles. The van der Waals surface area contributed by atoms with Crippen molar-refractivity contribution in [1.29, 1.82) is 0 Å². The van der Waals surface area contributed by atoms with E-state index < -0.39 is 0 Å². The molecule has 29 heavy (non-hydrogen) atoms. The van der Waals surface area contributed by atoms with Gasteiger partial charge in [0.25, 0.3) is 5.91 Å². The van der Waals surface area contributed by atoms with Crippen LogP contribution in [0.5, 0.6) is 0 Å². The predicted octanol–water partition coefficient (Wildman–Crippen LogP) is 4.70. The Labute approximate surface area is 172 Å². The molecule has 6 heteroatoms. The van der Waals surface area contributed by atoms with Crippen molar-refractivity contribution in [2.75, 3.05) is 13.1 Å². The Morgan fingerprint density at radius 1 is 1.24 bits per heavy atom. The van der Waals surface area contributed by atoms with E-state index >= 15 is 0 Å². The number of pyridine rings is 1. The van der Waals surface area contributed by atoms with Gasteiger partial charge in [0.15, 0.2) is 0 Å². The number of aromatic amines is 1. The number of H-pyrrole nitrogens is 1. The normalized spacial score (nSPS) is 15.5. The molecule has 3 aromatic rings. The number of hydrogen-bond donors (Lipinski definition) is 1. The first-order valence-electron chi connectivity index (χ1n) is 10.9. The highest BCUT2D eigenvalue weighted by Gasteiger charge is 2.29. The molecule has 4 rings (SSSR count). The number of carbonyl (C=O) groups is 1. The van der Waals surface area contributed by atoms with Crippen molar-refractivity contribution in [3.05, 3.63) is 47.5 Å². The van der Waals surface area contributed by atoms with Crippen LogP contribution in [-0.4, -0.2) is 43.6 Å². The van der Waals surface area contributed by atoms with E-state index in [4.69, 9.17) is 0 Å². The van der Waals surface area contributed by atoms with Crippen molar-refractivity contribution in [1.82, 2.24) is 24.6 Å². The topological polar surface area (TPSA) is 66.8 Å². The van der Waals surface area contributed by atoms with Crippen molar-refractivity contribution in [3.63, 3.8) is 0 Å². The number of nitrogens with one attached hydrogen (secondary N) is 1. The van der Waals surface area contributed by atoms with Crippen LogP contribution in [0.3, 0.4) is 0 Å². The lowest BCUT2D eigenvalue weighted by Crippen LogP contribution is -2.38. The van der Waals surface area contributed by atoms with Crippen LogP contribution in [0.2, 0.25) is 0 Å². The molecule has 1 aliphatic rings. The molecule has 4 heterocycles. The molecule has 1 N–H and O–H groups in total. The van der Waals surface area contributed by atoms with Gasteiger partial charge >= 0.3 is 0 Å². The van der Waals surface area contributed by atoms with Gasteiger partial charge in [0.1, 0.15) is 5.65 Å². The average Bonchev–Trinajstić information content (AvgIpc) is 3.39. The summed E-state index contributed by atoms with van der Waals surface area (Å²) in [5, 5.41) is 5.80. The predicted molar refractivity (Wildman–Crippen MR) is 115 cm³/mol. The smallest absolute Gasteiger partial charge is 0.257 e. The van der Waals surface area contributed by atoms with Gasteiger partial charge in [-0.1, -0.05) is 20.8 Å². The zero-order valence-corrected chi connectivity index (χ0v) is 17.7. The molecule has 1 amide bonds. The number of carbonyl (C=O) groups excluding carboxylic acids is 1. The lowest BCUT2D eigenvalue weighted by Gasteiger charge is -2.32. The van der Waals surface area contributed by atoms with Crippen LogP contribution >= 0.6 is 0 Å². The zero-order valence-electron chi connectivity index (χ0n) is 17.7. The Hall–Kier alpha value is -2.63. The summed E-state index contributed by atoms with van der Waals surface area (Å²) in [4.78, 5) is 22.9. The molecule has 0 bridgehead atoms. The van der Waals surface area contributed by atoms with Gasteiger partial charge in [-0.25, -0.2) is 4.98 Å². The SMILES string of the molecule is CCc1c(C(=O)N2CCC(c3c[nH]c4ncccc34)CC2)cnn1C(CC)CC. The lowest BCUT2D eigenvalue weighted by atomic mass is 9.89. The summed E-state index contributed by atoms with van der Waals surface area (Å²) in [5.41, 5.74) is 4.14. The number of hydrogen-bond acceptors (Lipinski definition) is 3. The fourth-order valence-electron chi connectivity index (χ4n) is 4.75. The van der Waals surface area contributed by atoms with Gasteiger partial charge in [0, 0.05) is 30.9 Å². The Bertz CT molecular complexity index is 976. The number of piperidine rings is 1. The summed E-state index contributed by atoms with van der Waals surface area (Å²) in [6.45, 7) is 8.05. The van der Waals surface area contributed by atoms with Crippen LogP contribution in [0.25, 0.3) is 11.0 Å². The Morgan fingerprint density at radius 2 is 2.00 bits per heavy atom. The molecule has 0 aromatic carbocycles.